The van der Waals surface area contributed by atoms with Crippen LogP contribution in [-0.2, 0) is 12.4 Å². The van der Waals surface area contributed by atoms with Crippen LogP contribution in [0.5, 0.6) is 0 Å². The number of nitrogens with one attached hydrogen (secondary N) is 1. The molecule has 13 heteroatoms. The Hall–Kier alpha value is -2.72. The third-order valence-electron chi connectivity index (χ3n) is 3.88. The summed E-state index contributed by atoms with van der Waals surface area (Å²) in [6, 6.07) is 12.2. The van der Waals surface area contributed by atoms with Crippen molar-refractivity contribution in [3.63, 3.8) is 0 Å². The molecular formula is C20H16AsCl2FN2O7. The number of benzene rings is 2. The molecule has 1 aromatic heterocycles. The van der Waals surface area contributed by atoms with Gasteiger partial charge < -0.3 is 5.11 Å². The van der Waals surface area contributed by atoms with E-state index in [9.17, 15) is 17.7 Å². The van der Waals surface area contributed by atoms with Gasteiger partial charge >= 0.3 is 94.4 Å². The molecule has 0 bridgehead atoms. The molecule has 33 heavy (non-hydrogen) atoms. The maximum absolute atomic E-state index is 12.9. The summed E-state index contributed by atoms with van der Waals surface area (Å²) in [5.41, 5.74) is 0.994. The summed E-state index contributed by atoms with van der Waals surface area (Å²) in [4.78, 5) is 25.5. The average Bonchev–Trinajstić information content (AvgIpc) is 2.74. The summed E-state index contributed by atoms with van der Waals surface area (Å²) in [5.74, 6) is -1.95. The first-order valence-electron chi connectivity index (χ1n) is 8.84. The number of hydrogen-bond donors (Lipinski definition) is 4. The fraction of sp³-hybridized carbons (Fsp3) is 0.0500. The molecule has 2 aromatic carbocycles. The Kier molecular flexibility index (Phi) is 9.18. The predicted octanol–water partition coefficient (Wildman–Crippen LogP) is 3.60. The number of aromatic nitrogens is 1. The van der Waals surface area contributed by atoms with E-state index in [-0.39, 0.29) is 26.0 Å². The maximum atomic E-state index is 12.9. The summed E-state index contributed by atoms with van der Waals surface area (Å²) >= 11 is 6.82. The molecule has 1 amide bonds. The van der Waals surface area contributed by atoms with E-state index in [1.807, 2.05) is 0 Å². The summed E-state index contributed by atoms with van der Waals surface area (Å²) < 4.78 is 36.7. The molecular weight excluding hydrogens is 545 g/mol. The fourth-order valence-electron chi connectivity index (χ4n) is 2.42. The second kappa shape index (κ2) is 11.4. The van der Waals surface area contributed by atoms with Crippen molar-refractivity contribution in [3.05, 3.63) is 76.2 Å². The third-order valence-corrected chi connectivity index (χ3v) is 6.96. The van der Waals surface area contributed by atoms with Crippen LogP contribution < -0.4 is 9.67 Å². The van der Waals surface area contributed by atoms with Gasteiger partial charge in [0.1, 0.15) is 5.82 Å². The number of amides is 1. The van der Waals surface area contributed by atoms with Gasteiger partial charge in [0.2, 0.25) is 0 Å². The van der Waals surface area contributed by atoms with Crippen LogP contribution in [0.25, 0.3) is 11.3 Å². The largest absolute Gasteiger partial charge is 0.476 e. The van der Waals surface area contributed by atoms with Crippen LogP contribution >= 0.6 is 23.2 Å². The topological polar surface area (TPSA) is 146 Å². The Morgan fingerprint density at radius 2 is 1.70 bits per heavy atom. The standard InChI is InChI=1S/C12H6Cl2FNO2.C8H10AsNO5/c13-8-3-4-10(16-11(8)12(17)18)7-2-1-6(15)5-9(7)14;1-6(11)10-8-4-2-7(3-5-8)9(12,13)15-14/h1-5H,(H,17,18);2-5,14H,1H3,(H,10,11)(H,12,13). The van der Waals surface area contributed by atoms with Crippen molar-refractivity contribution >= 4 is 59.3 Å². The minimum atomic E-state index is -4.76. The van der Waals surface area contributed by atoms with E-state index < -0.39 is 26.0 Å². The number of anilines is 1. The smallest absolute Gasteiger partial charge is 0.356 e. The first-order chi connectivity index (χ1) is 15.4. The van der Waals surface area contributed by atoms with Crippen molar-refractivity contribution in [2.45, 2.75) is 6.92 Å². The predicted molar refractivity (Wildman–Crippen MR) is 119 cm³/mol. The maximum Gasteiger partial charge on any atom is 0.356 e. The van der Waals surface area contributed by atoms with Gasteiger partial charge in [0, 0.05) is 5.56 Å². The summed E-state index contributed by atoms with van der Waals surface area (Å²) in [6.45, 7) is 1.35. The average molecular weight is 561 g/mol. The van der Waals surface area contributed by atoms with Crippen molar-refractivity contribution in [2.75, 3.05) is 5.32 Å². The van der Waals surface area contributed by atoms with Crippen molar-refractivity contribution in [1.29, 1.82) is 0 Å². The van der Waals surface area contributed by atoms with Gasteiger partial charge in [-0.1, -0.05) is 23.2 Å². The Morgan fingerprint density at radius 3 is 2.21 bits per heavy atom. The second-order valence-electron chi connectivity index (χ2n) is 6.29. The minimum absolute atomic E-state index is 0.00438. The molecule has 0 fully saturated rings. The number of halogens is 3. The van der Waals surface area contributed by atoms with E-state index in [0.29, 0.717) is 16.9 Å². The number of carbonyl (C=O) groups is 2. The van der Waals surface area contributed by atoms with E-state index in [1.165, 1.54) is 55.5 Å². The van der Waals surface area contributed by atoms with E-state index in [4.69, 9.17) is 37.7 Å². The molecule has 4 N–H and O–H groups in total. The van der Waals surface area contributed by atoms with E-state index in [1.54, 1.807) is 0 Å². The second-order valence-corrected chi connectivity index (χ2v) is 10.7. The molecule has 0 spiro atoms. The number of aromatic carboxylic acids is 1. The quantitative estimate of drug-likeness (QED) is 0.210. The van der Waals surface area contributed by atoms with E-state index >= 15 is 0 Å². The molecule has 3 rings (SSSR count). The van der Waals surface area contributed by atoms with E-state index in [2.05, 4.69) is 14.2 Å². The number of nitrogens with zero attached hydrogens (tertiary/aromatic N) is 1. The van der Waals surface area contributed by atoms with Crippen LogP contribution in [0.4, 0.5) is 10.1 Å². The number of hydrogen-bond acceptors (Lipinski definition) is 6. The number of carboxylic acid groups (broad SMARTS) is 1. The molecule has 0 aliphatic carbocycles. The molecule has 0 radical (unpaired) electrons. The van der Waals surface area contributed by atoms with Crippen LogP contribution in [0.1, 0.15) is 17.4 Å². The van der Waals surface area contributed by atoms with Gasteiger partial charge in [0.05, 0.1) is 15.7 Å². The van der Waals surface area contributed by atoms with Crippen molar-refractivity contribution < 1.29 is 36.1 Å². The van der Waals surface area contributed by atoms with Crippen LogP contribution in [0.15, 0.2) is 54.6 Å². The molecule has 174 valence electrons. The van der Waals surface area contributed by atoms with Crippen LogP contribution in [0.3, 0.4) is 0 Å². The first kappa shape index (κ1) is 26.5. The minimum Gasteiger partial charge on any atom is -0.476 e. The number of carboxylic acids is 1. The fourth-order valence-corrected chi connectivity index (χ4v) is 4.17. The Labute approximate surface area is 199 Å². The zero-order valence-corrected chi connectivity index (χ0v) is 20.1. The van der Waals surface area contributed by atoms with Crippen molar-refractivity contribution in [3.8, 4) is 11.3 Å². The molecule has 1 heterocycles. The monoisotopic (exact) mass is 560 g/mol. The number of pyridine rings is 1. The molecule has 0 aliphatic heterocycles. The number of carbonyl (C=O) groups excluding carboxylic acids is 1. The summed E-state index contributed by atoms with van der Waals surface area (Å²) in [7, 11) is 0. The third kappa shape index (κ3) is 7.39. The summed E-state index contributed by atoms with van der Waals surface area (Å²) in [5, 5.41) is 19.8. The molecule has 1 atom stereocenters. The Bertz CT molecular complexity index is 1230. The zero-order chi connectivity index (χ0) is 24.8. The normalized spacial score (nSPS) is 12.2. The van der Waals surface area contributed by atoms with Crippen molar-refractivity contribution in [1.82, 2.24) is 4.98 Å². The van der Waals surface area contributed by atoms with Gasteiger partial charge in [-0.25, -0.2) is 14.2 Å². The van der Waals surface area contributed by atoms with Crippen LogP contribution in [-0.4, -0.2) is 45.5 Å². The van der Waals surface area contributed by atoms with E-state index in [0.717, 1.165) is 6.07 Å². The Morgan fingerprint density at radius 1 is 1.06 bits per heavy atom. The molecule has 0 aliphatic rings. The van der Waals surface area contributed by atoms with Gasteiger partial charge in [-0.15, -0.1) is 0 Å². The van der Waals surface area contributed by atoms with Gasteiger partial charge in [-0.05, 0) is 30.3 Å². The summed E-state index contributed by atoms with van der Waals surface area (Å²) in [6.07, 6.45) is 0. The van der Waals surface area contributed by atoms with Crippen molar-refractivity contribution in [2.24, 2.45) is 0 Å². The van der Waals surface area contributed by atoms with Gasteiger partial charge in [-0.3, -0.25) is 0 Å². The van der Waals surface area contributed by atoms with Crippen LogP contribution in [0.2, 0.25) is 10.0 Å². The Balaban J connectivity index is 0.000000238. The molecule has 0 saturated heterocycles. The molecule has 1 unspecified atom stereocenters. The molecule has 9 nitrogen and oxygen atoms in total. The van der Waals surface area contributed by atoms with Gasteiger partial charge in [-0.2, -0.15) is 0 Å². The van der Waals surface area contributed by atoms with Gasteiger partial charge in [0.25, 0.3) is 0 Å². The van der Waals surface area contributed by atoms with Crippen LogP contribution in [0, 0.1) is 5.82 Å². The first-order valence-corrected chi connectivity index (χ1v) is 12.9. The molecule has 3 aromatic rings. The number of rotatable bonds is 5. The zero-order valence-electron chi connectivity index (χ0n) is 16.7. The van der Waals surface area contributed by atoms with Gasteiger partial charge in [0.15, 0.2) is 5.69 Å². The SMILES string of the molecule is CC(=O)Nc1ccc([As](=O)(O)OO)cc1.O=C(O)c1nc(-c2ccc(F)cc2Cl)ccc1Cl. The molecule has 0 saturated carbocycles.